The van der Waals surface area contributed by atoms with Crippen LogP contribution in [0.2, 0.25) is 0 Å². The SMILES string of the molecule is COc1ccc(N2C[C@@]3(CCN(C(=O)[C@H]4CCCO4)C3)CC2=O)cc1. The van der Waals surface area contributed by atoms with Crippen molar-refractivity contribution < 1.29 is 19.1 Å². The zero-order valence-corrected chi connectivity index (χ0v) is 14.6. The van der Waals surface area contributed by atoms with Crippen LogP contribution in [-0.4, -0.2) is 56.2 Å². The van der Waals surface area contributed by atoms with E-state index in [0.29, 0.717) is 26.1 Å². The van der Waals surface area contributed by atoms with E-state index in [9.17, 15) is 9.59 Å². The molecule has 0 bridgehead atoms. The van der Waals surface area contributed by atoms with Crippen molar-refractivity contribution in [2.75, 3.05) is 38.3 Å². The van der Waals surface area contributed by atoms with Crippen LogP contribution in [0.3, 0.4) is 0 Å². The van der Waals surface area contributed by atoms with Crippen LogP contribution in [-0.2, 0) is 14.3 Å². The Hall–Kier alpha value is -2.08. The quantitative estimate of drug-likeness (QED) is 0.839. The average molecular weight is 344 g/mol. The number of carbonyl (C=O) groups excluding carboxylic acids is 2. The number of amides is 2. The second-order valence-electron chi connectivity index (χ2n) is 7.37. The maximum Gasteiger partial charge on any atom is 0.251 e. The van der Waals surface area contributed by atoms with Crippen molar-refractivity contribution in [1.29, 1.82) is 0 Å². The Labute approximate surface area is 147 Å². The summed E-state index contributed by atoms with van der Waals surface area (Å²) in [7, 11) is 1.63. The van der Waals surface area contributed by atoms with Gasteiger partial charge in [-0.2, -0.15) is 0 Å². The van der Waals surface area contributed by atoms with E-state index in [2.05, 4.69) is 0 Å². The first-order valence-corrected chi connectivity index (χ1v) is 8.95. The Morgan fingerprint density at radius 3 is 2.76 bits per heavy atom. The molecule has 1 spiro atoms. The molecule has 0 unspecified atom stereocenters. The van der Waals surface area contributed by atoms with Gasteiger partial charge in [0.15, 0.2) is 0 Å². The lowest BCUT2D eigenvalue weighted by atomic mass is 9.86. The van der Waals surface area contributed by atoms with Gasteiger partial charge < -0.3 is 19.3 Å². The number of benzene rings is 1. The lowest BCUT2D eigenvalue weighted by molar-refractivity contribution is -0.140. The van der Waals surface area contributed by atoms with E-state index in [1.54, 1.807) is 7.11 Å². The molecule has 6 nitrogen and oxygen atoms in total. The summed E-state index contributed by atoms with van der Waals surface area (Å²) in [4.78, 5) is 28.9. The molecule has 2 atom stereocenters. The smallest absolute Gasteiger partial charge is 0.251 e. The molecule has 2 amide bonds. The first-order valence-electron chi connectivity index (χ1n) is 8.95. The van der Waals surface area contributed by atoms with Crippen molar-refractivity contribution in [1.82, 2.24) is 4.90 Å². The normalized spacial score (nSPS) is 29.0. The van der Waals surface area contributed by atoms with E-state index in [1.165, 1.54) is 0 Å². The van der Waals surface area contributed by atoms with Crippen molar-refractivity contribution in [2.45, 2.75) is 31.8 Å². The van der Waals surface area contributed by atoms with Gasteiger partial charge in [0.1, 0.15) is 11.9 Å². The minimum absolute atomic E-state index is 0.102. The standard InChI is InChI=1S/C19H24N2O4/c1-24-15-6-4-14(5-7-15)21-13-19(11-17(21)22)8-9-20(12-19)18(23)16-3-2-10-25-16/h4-7,16H,2-3,8-13H2,1H3/t16-,19+/m1/s1. The summed E-state index contributed by atoms with van der Waals surface area (Å²) in [5.74, 6) is 1.01. The maximum atomic E-state index is 12.6. The fourth-order valence-corrected chi connectivity index (χ4v) is 4.27. The number of likely N-dealkylation sites (tertiary alicyclic amines) is 1. The summed E-state index contributed by atoms with van der Waals surface area (Å²) in [5.41, 5.74) is 0.775. The van der Waals surface area contributed by atoms with Crippen LogP contribution in [0.5, 0.6) is 5.75 Å². The van der Waals surface area contributed by atoms with E-state index in [4.69, 9.17) is 9.47 Å². The summed E-state index contributed by atoms with van der Waals surface area (Å²) in [5, 5.41) is 0. The van der Waals surface area contributed by atoms with E-state index >= 15 is 0 Å². The number of anilines is 1. The van der Waals surface area contributed by atoms with Crippen LogP contribution in [0, 0.1) is 5.41 Å². The van der Waals surface area contributed by atoms with Gasteiger partial charge in [0.05, 0.1) is 7.11 Å². The van der Waals surface area contributed by atoms with Crippen LogP contribution in [0.15, 0.2) is 24.3 Å². The first kappa shape index (κ1) is 16.4. The lowest BCUT2D eigenvalue weighted by Crippen LogP contribution is -2.39. The van der Waals surface area contributed by atoms with Crippen molar-refractivity contribution in [2.24, 2.45) is 5.41 Å². The number of hydrogen-bond donors (Lipinski definition) is 0. The summed E-state index contributed by atoms with van der Waals surface area (Å²) in [6, 6.07) is 7.57. The molecule has 1 aromatic carbocycles. The second-order valence-corrected chi connectivity index (χ2v) is 7.37. The summed E-state index contributed by atoms with van der Waals surface area (Å²) >= 11 is 0. The van der Waals surface area contributed by atoms with Crippen molar-refractivity contribution in [3.8, 4) is 5.75 Å². The van der Waals surface area contributed by atoms with E-state index < -0.39 is 0 Å². The number of methoxy groups -OCH3 is 1. The summed E-state index contributed by atoms with van der Waals surface area (Å²) in [6.07, 6.45) is 2.89. The molecule has 4 rings (SSSR count). The molecule has 134 valence electrons. The fraction of sp³-hybridized carbons (Fsp3) is 0.579. The van der Waals surface area contributed by atoms with Gasteiger partial charge in [-0.25, -0.2) is 0 Å². The van der Waals surface area contributed by atoms with Gasteiger partial charge >= 0.3 is 0 Å². The van der Waals surface area contributed by atoms with Gasteiger partial charge in [-0.1, -0.05) is 0 Å². The first-order chi connectivity index (χ1) is 12.1. The molecule has 0 aromatic heterocycles. The Morgan fingerprint density at radius 2 is 2.08 bits per heavy atom. The molecule has 0 saturated carbocycles. The van der Waals surface area contributed by atoms with Gasteiger partial charge in [0, 0.05) is 43.8 Å². The average Bonchev–Trinajstić information content (AvgIpc) is 3.36. The maximum absolute atomic E-state index is 12.6. The second kappa shape index (κ2) is 6.33. The van der Waals surface area contributed by atoms with Crippen LogP contribution < -0.4 is 9.64 Å². The topological polar surface area (TPSA) is 59.1 Å². The Kier molecular flexibility index (Phi) is 4.15. The molecular weight excluding hydrogens is 320 g/mol. The number of ether oxygens (including phenoxy) is 2. The van der Waals surface area contributed by atoms with Gasteiger partial charge in [0.25, 0.3) is 5.91 Å². The third-order valence-corrected chi connectivity index (χ3v) is 5.66. The fourth-order valence-electron chi connectivity index (χ4n) is 4.27. The largest absolute Gasteiger partial charge is 0.497 e. The van der Waals surface area contributed by atoms with Gasteiger partial charge in [-0.3, -0.25) is 9.59 Å². The lowest BCUT2D eigenvalue weighted by Gasteiger charge is -2.25. The Balaban J connectivity index is 1.45. The van der Waals surface area contributed by atoms with Gasteiger partial charge in [-0.05, 0) is 43.5 Å². The highest BCUT2D eigenvalue weighted by atomic mass is 16.5. The van der Waals surface area contributed by atoms with Gasteiger partial charge in [-0.15, -0.1) is 0 Å². The minimum Gasteiger partial charge on any atom is -0.497 e. The summed E-state index contributed by atoms with van der Waals surface area (Å²) in [6.45, 7) is 2.74. The number of nitrogens with zero attached hydrogens (tertiary/aromatic N) is 2. The van der Waals surface area contributed by atoms with E-state index in [-0.39, 0.29) is 23.3 Å². The molecule has 3 heterocycles. The highest BCUT2D eigenvalue weighted by molar-refractivity contribution is 5.96. The predicted molar refractivity (Wildman–Crippen MR) is 92.6 cm³/mol. The molecule has 0 N–H and O–H groups in total. The van der Waals surface area contributed by atoms with Crippen LogP contribution in [0.25, 0.3) is 0 Å². The van der Waals surface area contributed by atoms with E-state index in [1.807, 2.05) is 34.1 Å². The molecule has 25 heavy (non-hydrogen) atoms. The Morgan fingerprint density at radius 1 is 1.28 bits per heavy atom. The van der Waals surface area contributed by atoms with E-state index in [0.717, 1.165) is 37.2 Å². The van der Waals surface area contributed by atoms with Crippen LogP contribution in [0.4, 0.5) is 5.69 Å². The third kappa shape index (κ3) is 2.99. The van der Waals surface area contributed by atoms with Gasteiger partial charge in [0.2, 0.25) is 5.91 Å². The minimum atomic E-state index is -0.273. The monoisotopic (exact) mass is 344 g/mol. The molecule has 6 heteroatoms. The number of carbonyl (C=O) groups is 2. The zero-order chi connectivity index (χ0) is 17.4. The number of rotatable bonds is 3. The molecule has 0 radical (unpaired) electrons. The van der Waals surface area contributed by atoms with Crippen LogP contribution in [0.1, 0.15) is 25.7 Å². The molecule has 1 aromatic rings. The number of hydrogen-bond acceptors (Lipinski definition) is 4. The molecular formula is C19H24N2O4. The van der Waals surface area contributed by atoms with Crippen LogP contribution >= 0.6 is 0 Å². The molecule has 3 saturated heterocycles. The predicted octanol–water partition coefficient (Wildman–Crippen LogP) is 1.83. The summed E-state index contributed by atoms with van der Waals surface area (Å²) < 4.78 is 10.7. The molecule has 3 aliphatic rings. The third-order valence-electron chi connectivity index (χ3n) is 5.66. The molecule has 0 aliphatic carbocycles. The molecule has 3 aliphatic heterocycles. The van der Waals surface area contributed by atoms with Crippen molar-refractivity contribution in [3.63, 3.8) is 0 Å². The van der Waals surface area contributed by atoms with Crippen molar-refractivity contribution >= 4 is 17.5 Å². The highest BCUT2D eigenvalue weighted by Crippen LogP contribution is 2.42. The Bertz CT molecular complexity index is 669. The molecule has 3 fully saturated rings. The van der Waals surface area contributed by atoms with Crippen molar-refractivity contribution in [3.05, 3.63) is 24.3 Å². The highest BCUT2D eigenvalue weighted by Gasteiger charge is 2.49. The zero-order valence-electron chi connectivity index (χ0n) is 14.6.